The zero-order valence-corrected chi connectivity index (χ0v) is 10.9. The highest BCUT2D eigenvalue weighted by Crippen LogP contribution is 2.34. The second kappa shape index (κ2) is 5.57. The maximum Gasteiger partial charge on any atom is 0.231 e. The van der Waals surface area contributed by atoms with Gasteiger partial charge in [-0.25, -0.2) is 8.78 Å². The minimum Gasteiger partial charge on any atom is -0.487 e. The zero-order valence-electron chi connectivity index (χ0n) is 10.9. The lowest BCUT2D eigenvalue weighted by atomic mass is 10.1. The second-order valence-electron chi connectivity index (χ2n) is 4.51. The van der Waals surface area contributed by atoms with E-state index in [0.717, 1.165) is 12.1 Å². The van der Waals surface area contributed by atoms with Crippen LogP contribution < -0.4 is 14.2 Å². The van der Waals surface area contributed by atoms with E-state index in [0.29, 0.717) is 17.1 Å². The van der Waals surface area contributed by atoms with Crippen LogP contribution in [0.15, 0.2) is 36.4 Å². The van der Waals surface area contributed by atoms with Crippen LogP contribution >= 0.6 is 0 Å². The lowest BCUT2D eigenvalue weighted by molar-refractivity contribution is 0.105. The van der Waals surface area contributed by atoms with Crippen molar-refractivity contribution in [2.24, 2.45) is 0 Å². The summed E-state index contributed by atoms with van der Waals surface area (Å²) in [6.45, 7) is -0.0195. The van der Waals surface area contributed by atoms with Gasteiger partial charge in [0.05, 0.1) is 0 Å². The first kappa shape index (κ1) is 13.6. The summed E-state index contributed by atoms with van der Waals surface area (Å²) in [4.78, 5) is 0. The summed E-state index contributed by atoms with van der Waals surface area (Å²) in [5, 5.41) is 10.0. The van der Waals surface area contributed by atoms with Crippen LogP contribution in [0.1, 0.15) is 11.7 Å². The molecular weight excluding hydrogens is 282 g/mol. The fraction of sp³-hybridized carbons (Fsp3) is 0.200. The van der Waals surface area contributed by atoms with Crippen LogP contribution in [0.2, 0.25) is 0 Å². The van der Waals surface area contributed by atoms with Crippen LogP contribution in [0.3, 0.4) is 0 Å². The van der Waals surface area contributed by atoms with Crippen molar-refractivity contribution >= 4 is 0 Å². The van der Waals surface area contributed by atoms with Gasteiger partial charge >= 0.3 is 0 Å². The third-order valence-electron chi connectivity index (χ3n) is 3.07. The topological polar surface area (TPSA) is 47.9 Å². The number of hydrogen-bond acceptors (Lipinski definition) is 4. The summed E-state index contributed by atoms with van der Waals surface area (Å²) in [5.41, 5.74) is 0.557. The number of halogens is 2. The molecule has 4 nitrogen and oxygen atoms in total. The van der Waals surface area contributed by atoms with Crippen LogP contribution in [-0.4, -0.2) is 18.5 Å². The second-order valence-corrected chi connectivity index (χ2v) is 4.51. The molecule has 0 saturated carbocycles. The molecule has 3 rings (SSSR count). The summed E-state index contributed by atoms with van der Waals surface area (Å²) in [5.74, 6) is -0.462. The smallest absolute Gasteiger partial charge is 0.231 e. The molecule has 2 aromatic carbocycles. The Kier molecular flexibility index (Phi) is 3.62. The summed E-state index contributed by atoms with van der Waals surface area (Å²) in [6.07, 6.45) is -0.969. The molecule has 0 spiro atoms. The molecule has 1 atom stereocenters. The molecule has 0 bridgehead atoms. The Hall–Kier alpha value is -2.34. The van der Waals surface area contributed by atoms with Crippen LogP contribution in [0.4, 0.5) is 8.78 Å². The normalized spacial score (nSPS) is 14.0. The monoisotopic (exact) mass is 294 g/mol. The Morgan fingerprint density at radius 2 is 1.90 bits per heavy atom. The summed E-state index contributed by atoms with van der Waals surface area (Å²) >= 11 is 0. The molecule has 0 radical (unpaired) electrons. The van der Waals surface area contributed by atoms with Gasteiger partial charge in [-0.1, -0.05) is 6.07 Å². The Balaban J connectivity index is 1.67. The Morgan fingerprint density at radius 1 is 1.10 bits per heavy atom. The van der Waals surface area contributed by atoms with Crippen LogP contribution in [0.5, 0.6) is 17.2 Å². The number of hydrogen-bond donors (Lipinski definition) is 1. The number of benzene rings is 2. The van der Waals surface area contributed by atoms with E-state index in [1.54, 1.807) is 18.2 Å². The van der Waals surface area contributed by atoms with Crippen molar-refractivity contribution in [3.05, 3.63) is 53.6 Å². The lowest BCUT2D eigenvalue weighted by Gasteiger charge is -2.13. The maximum atomic E-state index is 13.4. The molecule has 1 N–H and O–H groups in total. The van der Waals surface area contributed by atoms with Crippen LogP contribution in [-0.2, 0) is 0 Å². The van der Waals surface area contributed by atoms with E-state index in [-0.39, 0.29) is 19.1 Å². The highest BCUT2D eigenvalue weighted by Gasteiger charge is 2.17. The molecule has 21 heavy (non-hydrogen) atoms. The fourth-order valence-corrected chi connectivity index (χ4v) is 1.98. The molecule has 0 amide bonds. The van der Waals surface area contributed by atoms with Gasteiger partial charge in [0.2, 0.25) is 6.79 Å². The number of aliphatic hydroxyl groups excluding tert-OH is 1. The van der Waals surface area contributed by atoms with Gasteiger partial charge in [-0.05, 0) is 29.8 Å². The first-order valence-electron chi connectivity index (χ1n) is 6.29. The molecule has 0 aromatic heterocycles. The standard InChI is InChI=1S/C15H12F2O4/c16-10-2-4-13(11(17)6-10)19-7-12(18)9-1-3-14-15(5-9)21-8-20-14/h1-6,12,18H,7-8H2. The average molecular weight is 294 g/mol. The van der Waals surface area contributed by atoms with Crippen LogP contribution in [0.25, 0.3) is 0 Å². The van der Waals surface area contributed by atoms with Gasteiger partial charge in [0.1, 0.15) is 18.5 Å². The molecule has 1 unspecified atom stereocenters. The third-order valence-corrected chi connectivity index (χ3v) is 3.07. The van der Waals surface area contributed by atoms with E-state index in [1.165, 1.54) is 6.07 Å². The molecule has 0 saturated heterocycles. The number of ether oxygens (including phenoxy) is 3. The number of rotatable bonds is 4. The first-order chi connectivity index (χ1) is 10.1. The largest absolute Gasteiger partial charge is 0.487 e. The molecule has 6 heteroatoms. The molecule has 1 heterocycles. The quantitative estimate of drug-likeness (QED) is 0.942. The van der Waals surface area contributed by atoms with Gasteiger partial charge in [0.15, 0.2) is 23.1 Å². The van der Waals surface area contributed by atoms with Crippen molar-refractivity contribution in [2.75, 3.05) is 13.4 Å². The van der Waals surface area contributed by atoms with E-state index in [2.05, 4.69) is 0 Å². The molecule has 2 aromatic rings. The predicted octanol–water partition coefficient (Wildman–Crippen LogP) is 2.81. The van der Waals surface area contributed by atoms with E-state index in [4.69, 9.17) is 14.2 Å². The SMILES string of the molecule is OC(COc1ccc(F)cc1F)c1ccc2c(c1)OCO2. The minimum atomic E-state index is -0.969. The van der Waals surface area contributed by atoms with Gasteiger partial charge in [0.25, 0.3) is 0 Å². The van der Waals surface area contributed by atoms with Crippen LogP contribution in [0, 0.1) is 11.6 Å². The summed E-state index contributed by atoms with van der Waals surface area (Å²) < 4.78 is 41.7. The fourth-order valence-electron chi connectivity index (χ4n) is 1.98. The van der Waals surface area contributed by atoms with E-state index >= 15 is 0 Å². The van der Waals surface area contributed by atoms with Crippen molar-refractivity contribution in [3.8, 4) is 17.2 Å². The first-order valence-corrected chi connectivity index (χ1v) is 6.29. The Labute approximate surface area is 119 Å². The van der Waals surface area contributed by atoms with Gasteiger partial charge in [-0.2, -0.15) is 0 Å². The molecular formula is C15H12F2O4. The maximum absolute atomic E-state index is 13.4. The van der Waals surface area contributed by atoms with Crippen molar-refractivity contribution < 1.29 is 28.1 Å². The van der Waals surface area contributed by atoms with Gasteiger partial charge < -0.3 is 19.3 Å². The molecule has 110 valence electrons. The Bertz CT molecular complexity index is 660. The Morgan fingerprint density at radius 3 is 2.71 bits per heavy atom. The number of aliphatic hydroxyl groups is 1. The molecule has 1 aliphatic heterocycles. The number of fused-ring (bicyclic) bond motifs is 1. The average Bonchev–Trinajstić information content (AvgIpc) is 2.93. The van der Waals surface area contributed by atoms with Crippen molar-refractivity contribution in [2.45, 2.75) is 6.10 Å². The van der Waals surface area contributed by atoms with Crippen molar-refractivity contribution in [1.29, 1.82) is 0 Å². The highest BCUT2D eigenvalue weighted by atomic mass is 19.1. The molecule has 0 aliphatic carbocycles. The highest BCUT2D eigenvalue weighted by molar-refractivity contribution is 5.45. The lowest BCUT2D eigenvalue weighted by Crippen LogP contribution is -2.10. The van der Waals surface area contributed by atoms with Gasteiger partial charge in [-0.15, -0.1) is 0 Å². The van der Waals surface area contributed by atoms with E-state index in [9.17, 15) is 13.9 Å². The third kappa shape index (κ3) is 2.90. The van der Waals surface area contributed by atoms with E-state index < -0.39 is 17.7 Å². The van der Waals surface area contributed by atoms with Crippen molar-refractivity contribution in [1.82, 2.24) is 0 Å². The van der Waals surface area contributed by atoms with Crippen molar-refractivity contribution in [3.63, 3.8) is 0 Å². The van der Waals surface area contributed by atoms with E-state index in [1.807, 2.05) is 0 Å². The summed E-state index contributed by atoms with van der Waals surface area (Å²) in [6, 6.07) is 7.98. The minimum absolute atomic E-state index is 0.115. The van der Waals surface area contributed by atoms with Gasteiger partial charge in [-0.3, -0.25) is 0 Å². The summed E-state index contributed by atoms with van der Waals surface area (Å²) in [7, 11) is 0. The molecule has 0 fully saturated rings. The van der Waals surface area contributed by atoms with Gasteiger partial charge in [0, 0.05) is 6.07 Å². The zero-order chi connectivity index (χ0) is 14.8. The molecule has 1 aliphatic rings. The predicted molar refractivity (Wildman–Crippen MR) is 69.4 cm³/mol.